The van der Waals surface area contributed by atoms with Crippen molar-refractivity contribution in [3.63, 3.8) is 0 Å². The number of rotatable bonds is 5. The number of likely N-dealkylation sites (tertiary alicyclic amines) is 1. The Morgan fingerprint density at radius 1 is 1.22 bits per heavy atom. The molecule has 1 aromatic rings. The van der Waals surface area contributed by atoms with Crippen molar-refractivity contribution < 1.29 is 19.1 Å². The van der Waals surface area contributed by atoms with Crippen LogP contribution in [-0.2, 0) is 14.3 Å². The number of benzene rings is 1. The first-order valence-electron chi connectivity index (χ1n) is 9.59. The van der Waals surface area contributed by atoms with Gasteiger partial charge in [-0.25, -0.2) is 0 Å². The highest BCUT2D eigenvalue weighted by atomic mass is 16.5. The Morgan fingerprint density at radius 2 is 2.07 bits per heavy atom. The summed E-state index contributed by atoms with van der Waals surface area (Å²) in [6.07, 6.45) is 3.73. The van der Waals surface area contributed by atoms with E-state index in [9.17, 15) is 14.4 Å². The van der Waals surface area contributed by atoms with Gasteiger partial charge in [0.15, 0.2) is 0 Å². The van der Waals surface area contributed by atoms with Gasteiger partial charge in [-0.05, 0) is 43.9 Å². The smallest absolute Gasteiger partial charge is 0.253 e. The number of nitrogens with one attached hydrogen (secondary N) is 2. The average molecular weight is 373 g/mol. The Morgan fingerprint density at radius 3 is 2.81 bits per heavy atom. The van der Waals surface area contributed by atoms with Gasteiger partial charge in [0.2, 0.25) is 11.8 Å². The van der Waals surface area contributed by atoms with Crippen molar-refractivity contribution in [2.24, 2.45) is 5.92 Å². The van der Waals surface area contributed by atoms with E-state index >= 15 is 0 Å². The van der Waals surface area contributed by atoms with Gasteiger partial charge in [-0.1, -0.05) is 6.07 Å². The van der Waals surface area contributed by atoms with Crippen LogP contribution < -0.4 is 10.6 Å². The van der Waals surface area contributed by atoms with Gasteiger partial charge >= 0.3 is 0 Å². The zero-order valence-corrected chi connectivity index (χ0v) is 15.7. The first-order valence-corrected chi connectivity index (χ1v) is 9.59. The summed E-state index contributed by atoms with van der Waals surface area (Å²) in [6.45, 7) is 3.80. The van der Waals surface area contributed by atoms with E-state index in [0.29, 0.717) is 30.9 Å². The van der Waals surface area contributed by atoms with Crippen LogP contribution in [0.4, 0.5) is 5.69 Å². The Hall–Kier alpha value is -2.41. The van der Waals surface area contributed by atoms with Crippen molar-refractivity contribution in [3.05, 3.63) is 29.8 Å². The fourth-order valence-electron chi connectivity index (χ4n) is 3.66. The van der Waals surface area contributed by atoms with Crippen molar-refractivity contribution in [1.29, 1.82) is 0 Å². The van der Waals surface area contributed by atoms with Crippen LogP contribution in [0.3, 0.4) is 0 Å². The summed E-state index contributed by atoms with van der Waals surface area (Å²) in [7, 11) is 0. The van der Waals surface area contributed by atoms with Gasteiger partial charge in [0, 0.05) is 44.4 Å². The summed E-state index contributed by atoms with van der Waals surface area (Å²) >= 11 is 0. The maximum Gasteiger partial charge on any atom is 0.253 e. The lowest BCUT2D eigenvalue weighted by Gasteiger charge is -2.32. The van der Waals surface area contributed by atoms with E-state index < -0.39 is 0 Å². The second-order valence-corrected chi connectivity index (χ2v) is 7.23. The molecule has 0 saturated carbocycles. The number of hydrogen-bond acceptors (Lipinski definition) is 4. The first kappa shape index (κ1) is 19.4. The van der Waals surface area contributed by atoms with Crippen LogP contribution >= 0.6 is 0 Å². The Balaban J connectivity index is 1.57. The number of carbonyl (C=O) groups excluding carboxylic acids is 3. The minimum atomic E-state index is -0.192. The van der Waals surface area contributed by atoms with Gasteiger partial charge in [0.25, 0.3) is 5.91 Å². The molecule has 0 aromatic heterocycles. The Kier molecular flexibility index (Phi) is 6.45. The van der Waals surface area contributed by atoms with Crippen LogP contribution in [-0.4, -0.2) is 55.0 Å². The number of nitrogens with zero attached hydrogens (tertiary/aromatic N) is 1. The summed E-state index contributed by atoms with van der Waals surface area (Å²) < 4.78 is 5.54. The van der Waals surface area contributed by atoms with E-state index in [1.54, 1.807) is 29.2 Å². The van der Waals surface area contributed by atoms with E-state index in [0.717, 1.165) is 32.3 Å². The molecular weight excluding hydrogens is 346 g/mol. The van der Waals surface area contributed by atoms with Gasteiger partial charge < -0.3 is 20.3 Å². The maximum absolute atomic E-state index is 12.8. The number of ether oxygens (including phenoxy) is 1. The summed E-state index contributed by atoms with van der Waals surface area (Å²) in [5, 5.41) is 5.66. The van der Waals surface area contributed by atoms with E-state index in [2.05, 4.69) is 10.6 Å². The van der Waals surface area contributed by atoms with Gasteiger partial charge in [-0.3, -0.25) is 14.4 Å². The zero-order valence-electron chi connectivity index (χ0n) is 15.7. The van der Waals surface area contributed by atoms with Crippen LogP contribution in [0.5, 0.6) is 0 Å². The molecule has 2 fully saturated rings. The molecule has 2 atom stereocenters. The van der Waals surface area contributed by atoms with E-state index in [1.807, 2.05) is 0 Å². The molecule has 1 aromatic carbocycles. The molecule has 2 unspecified atom stereocenters. The summed E-state index contributed by atoms with van der Waals surface area (Å²) in [6, 6.07) is 6.89. The monoisotopic (exact) mass is 373 g/mol. The third-order valence-electron chi connectivity index (χ3n) is 5.04. The van der Waals surface area contributed by atoms with Crippen LogP contribution in [0, 0.1) is 5.92 Å². The Bertz CT molecular complexity index is 700. The molecular formula is C20H27N3O4. The third-order valence-corrected chi connectivity index (χ3v) is 5.04. The van der Waals surface area contributed by atoms with E-state index in [-0.39, 0.29) is 29.7 Å². The predicted octanol–water partition coefficient (Wildman–Crippen LogP) is 1.79. The summed E-state index contributed by atoms with van der Waals surface area (Å²) in [5.41, 5.74) is 1.11. The molecule has 3 rings (SSSR count). The third kappa shape index (κ3) is 5.29. The number of anilines is 1. The molecule has 2 heterocycles. The zero-order chi connectivity index (χ0) is 19.2. The largest absolute Gasteiger partial charge is 0.376 e. The number of amides is 3. The lowest BCUT2D eigenvalue weighted by molar-refractivity contribution is -0.126. The Labute approximate surface area is 159 Å². The topological polar surface area (TPSA) is 87.7 Å². The highest BCUT2D eigenvalue weighted by molar-refractivity contribution is 5.97. The second kappa shape index (κ2) is 8.99. The molecule has 2 aliphatic rings. The fourth-order valence-corrected chi connectivity index (χ4v) is 3.66. The number of piperidine rings is 1. The van der Waals surface area contributed by atoms with E-state index in [1.165, 1.54) is 6.92 Å². The fraction of sp³-hybridized carbons (Fsp3) is 0.550. The van der Waals surface area contributed by atoms with E-state index in [4.69, 9.17) is 4.74 Å². The SMILES string of the molecule is CC(=O)Nc1cccc(C(=O)N2CCCC(C(=O)NCC3CCCO3)C2)c1. The number of carbonyl (C=O) groups is 3. The summed E-state index contributed by atoms with van der Waals surface area (Å²) in [5.74, 6) is -0.489. The van der Waals surface area contributed by atoms with Gasteiger partial charge in [-0.15, -0.1) is 0 Å². The van der Waals surface area contributed by atoms with Crippen LogP contribution in [0.25, 0.3) is 0 Å². The molecule has 2 N–H and O–H groups in total. The van der Waals surface area contributed by atoms with Crippen molar-refractivity contribution >= 4 is 23.4 Å². The standard InChI is InChI=1S/C20H27N3O4/c1-14(24)22-17-7-2-5-15(11-17)20(26)23-9-3-6-16(13-23)19(25)21-12-18-8-4-10-27-18/h2,5,7,11,16,18H,3-4,6,8-10,12-13H2,1H3,(H,21,25)(H,22,24). The van der Waals surface area contributed by atoms with Crippen molar-refractivity contribution in [3.8, 4) is 0 Å². The molecule has 146 valence electrons. The van der Waals surface area contributed by atoms with Crippen LogP contribution in [0.15, 0.2) is 24.3 Å². The molecule has 2 saturated heterocycles. The van der Waals surface area contributed by atoms with Gasteiger partial charge in [0.05, 0.1) is 12.0 Å². The highest BCUT2D eigenvalue weighted by Gasteiger charge is 2.29. The highest BCUT2D eigenvalue weighted by Crippen LogP contribution is 2.20. The lowest BCUT2D eigenvalue weighted by atomic mass is 9.96. The summed E-state index contributed by atoms with van der Waals surface area (Å²) in [4.78, 5) is 38.3. The van der Waals surface area contributed by atoms with Crippen molar-refractivity contribution in [1.82, 2.24) is 10.2 Å². The molecule has 0 bridgehead atoms. The minimum absolute atomic E-state index is 0.00463. The molecule has 2 aliphatic heterocycles. The van der Waals surface area contributed by atoms with Crippen LogP contribution in [0.1, 0.15) is 43.0 Å². The van der Waals surface area contributed by atoms with Crippen LogP contribution in [0.2, 0.25) is 0 Å². The van der Waals surface area contributed by atoms with Crippen molar-refractivity contribution in [2.45, 2.75) is 38.7 Å². The van der Waals surface area contributed by atoms with Gasteiger partial charge in [-0.2, -0.15) is 0 Å². The molecule has 0 aliphatic carbocycles. The molecule has 7 nitrogen and oxygen atoms in total. The second-order valence-electron chi connectivity index (χ2n) is 7.23. The van der Waals surface area contributed by atoms with Gasteiger partial charge in [0.1, 0.15) is 0 Å². The molecule has 0 radical (unpaired) electrons. The first-order chi connectivity index (χ1) is 13.0. The lowest BCUT2D eigenvalue weighted by Crippen LogP contribution is -2.46. The predicted molar refractivity (Wildman–Crippen MR) is 101 cm³/mol. The quantitative estimate of drug-likeness (QED) is 0.824. The molecule has 27 heavy (non-hydrogen) atoms. The maximum atomic E-state index is 12.8. The number of hydrogen-bond donors (Lipinski definition) is 2. The molecule has 3 amide bonds. The molecule has 7 heteroatoms. The molecule has 0 spiro atoms. The normalized spacial score (nSPS) is 22.3. The average Bonchev–Trinajstić information content (AvgIpc) is 3.19. The van der Waals surface area contributed by atoms with Crippen molar-refractivity contribution in [2.75, 3.05) is 31.6 Å². The minimum Gasteiger partial charge on any atom is -0.376 e.